The normalized spacial score (nSPS) is 14.0. The molecule has 0 amide bonds. The average molecular weight is 624 g/mol. The highest BCUT2D eigenvalue weighted by molar-refractivity contribution is 5.99. The molecule has 0 N–H and O–H groups in total. The molecule has 0 heterocycles. The highest BCUT2D eigenvalue weighted by Crippen LogP contribution is 2.39. The van der Waals surface area contributed by atoms with Gasteiger partial charge in [0.1, 0.15) is 0 Å². The summed E-state index contributed by atoms with van der Waals surface area (Å²) in [6.45, 7) is 2.06. The van der Waals surface area contributed by atoms with Crippen molar-refractivity contribution in [3.63, 3.8) is 0 Å². The molecule has 1 unspecified atom stereocenters. The first kappa shape index (κ1) is 30.0. The summed E-state index contributed by atoms with van der Waals surface area (Å²) in [6.07, 6.45) is 10.6. The summed E-state index contributed by atoms with van der Waals surface area (Å²) in [4.78, 5) is 2.33. The molecule has 7 aromatic rings. The Balaban J connectivity index is 0.000000379. The van der Waals surface area contributed by atoms with Gasteiger partial charge in [-0.2, -0.15) is 0 Å². The summed E-state index contributed by atoms with van der Waals surface area (Å²) in [7, 11) is 0. The molecule has 0 spiro atoms. The smallest absolute Gasteiger partial charge is 0.0540 e. The van der Waals surface area contributed by atoms with Crippen molar-refractivity contribution in [2.24, 2.45) is 5.92 Å². The van der Waals surface area contributed by atoms with E-state index in [-0.39, 0.29) is 0 Å². The Morgan fingerprint density at radius 1 is 0.531 bits per heavy atom. The Labute approximate surface area is 288 Å². The molecular formula is C48H33N. The molecule has 0 saturated heterocycles. The molecule has 1 atom stereocenters. The number of benzene rings is 7. The molecule has 0 bridgehead atoms. The number of rotatable bonds is 4. The summed E-state index contributed by atoms with van der Waals surface area (Å²) in [5.41, 5.74) is 10.3. The minimum Gasteiger partial charge on any atom is -0.310 e. The number of para-hydroxylation sites is 1. The summed E-state index contributed by atoms with van der Waals surface area (Å²) in [5, 5.41) is 4.85. The molecule has 0 aliphatic heterocycles. The molecule has 230 valence electrons. The van der Waals surface area contributed by atoms with Gasteiger partial charge in [0, 0.05) is 33.8 Å². The molecule has 1 heteroatoms. The minimum absolute atomic E-state index is 0.540. The fourth-order valence-corrected chi connectivity index (χ4v) is 6.31. The van der Waals surface area contributed by atoms with Gasteiger partial charge in [-0.25, -0.2) is 0 Å². The highest BCUT2D eigenvalue weighted by atomic mass is 15.1. The quantitative estimate of drug-likeness (QED) is 0.176. The summed E-state index contributed by atoms with van der Waals surface area (Å²) in [6, 6.07) is 57.6. The number of hydrogen-bond donors (Lipinski definition) is 0. The van der Waals surface area contributed by atoms with E-state index in [1.807, 2.05) is 0 Å². The van der Waals surface area contributed by atoms with Crippen molar-refractivity contribution in [3.8, 4) is 23.0 Å². The predicted octanol–water partition coefficient (Wildman–Crippen LogP) is 12.2. The van der Waals surface area contributed by atoms with Crippen molar-refractivity contribution in [2.45, 2.75) is 6.92 Å². The van der Waals surface area contributed by atoms with Crippen molar-refractivity contribution < 1.29 is 0 Å². The van der Waals surface area contributed by atoms with Crippen molar-refractivity contribution in [3.05, 3.63) is 210 Å². The Kier molecular flexibility index (Phi) is 8.21. The number of hydrogen-bond acceptors (Lipinski definition) is 1. The van der Waals surface area contributed by atoms with Crippen LogP contribution in [0.2, 0.25) is 0 Å². The van der Waals surface area contributed by atoms with Gasteiger partial charge in [-0.1, -0.05) is 139 Å². The molecule has 2 radical (unpaired) electrons. The zero-order chi connectivity index (χ0) is 33.0. The third kappa shape index (κ3) is 6.59. The molecule has 0 saturated carbocycles. The van der Waals surface area contributed by atoms with Gasteiger partial charge < -0.3 is 4.90 Å². The molecule has 2 aliphatic rings. The fraction of sp³-hybridized carbons (Fsp3) is 0.0417. The van der Waals surface area contributed by atoms with Crippen LogP contribution in [-0.4, -0.2) is 0 Å². The maximum atomic E-state index is 3.37. The number of allylic oxidation sites excluding steroid dienone is 6. The van der Waals surface area contributed by atoms with Gasteiger partial charge in [-0.3, -0.25) is 0 Å². The van der Waals surface area contributed by atoms with Crippen LogP contribution in [0, 0.1) is 29.9 Å². The van der Waals surface area contributed by atoms with Gasteiger partial charge in [-0.05, 0) is 106 Å². The first-order valence-corrected chi connectivity index (χ1v) is 16.6. The topological polar surface area (TPSA) is 3.24 Å². The lowest BCUT2D eigenvalue weighted by Crippen LogP contribution is -2.10. The van der Waals surface area contributed by atoms with Crippen LogP contribution in [0.25, 0.3) is 32.7 Å². The van der Waals surface area contributed by atoms with Crippen LogP contribution in [0.1, 0.15) is 18.1 Å². The molecular weight excluding hydrogens is 591 g/mol. The first-order valence-electron chi connectivity index (χ1n) is 16.6. The second-order valence-corrected chi connectivity index (χ2v) is 12.3. The lowest BCUT2D eigenvalue weighted by atomic mass is 10.0. The number of fused-ring (bicyclic) bond motifs is 3. The van der Waals surface area contributed by atoms with E-state index in [1.54, 1.807) is 0 Å². The summed E-state index contributed by atoms with van der Waals surface area (Å²) in [5.74, 6) is 7.26. The van der Waals surface area contributed by atoms with E-state index in [1.165, 1.54) is 43.8 Å². The Hall–Kier alpha value is -6.36. The van der Waals surface area contributed by atoms with Gasteiger partial charge in [0.15, 0.2) is 0 Å². The highest BCUT2D eigenvalue weighted by Gasteiger charge is 2.22. The van der Waals surface area contributed by atoms with Gasteiger partial charge in [0.05, 0.1) is 5.69 Å². The minimum atomic E-state index is 0.540. The van der Waals surface area contributed by atoms with Gasteiger partial charge in [-0.15, -0.1) is 0 Å². The van der Waals surface area contributed by atoms with Crippen LogP contribution in [0.3, 0.4) is 0 Å². The Bertz CT molecular complexity index is 2420. The van der Waals surface area contributed by atoms with Crippen LogP contribution in [0.15, 0.2) is 187 Å². The second kappa shape index (κ2) is 13.4. The maximum Gasteiger partial charge on any atom is 0.0540 e. The van der Waals surface area contributed by atoms with Crippen LogP contribution < -0.4 is 4.90 Å². The predicted molar refractivity (Wildman–Crippen MR) is 206 cm³/mol. The number of nitrogens with zero attached hydrogens (tertiary/aromatic N) is 1. The van der Waals surface area contributed by atoms with Crippen molar-refractivity contribution in [2.75, 3.05) is 4.90 Å². The molecule has 2 aliphatic carbocycles. The fourth-order valence-electron chi connectivity index (χ4n) is 6.31. The summed E-state index contributed by atoms with van der Waals surface area (Å²) < 4.78 is 0. The SMILES string of the molecule is C(#Cc1cccc2ccccc12)c1ccc(-c2ccc(N(c3ccccc3)c3cccc4ccccc34)cc2)cc1.CC1=[C]C2=[C]C2C=C1. The van der Waals surface area contributed by atoms with Gasteiger partial charge in [0.25, 0.3) is 0 Å². The van der Waals surface area contributed by atoms with Crippen molar-refractivity contribution >= 4 is 38.6 Å². The lowest BCUT2D eigenvalue weighted by molar-refractivity contribution is 1.14. The lowest BCUT2D eigenvalue weighted by Gasteiger charge is -2.27. The van der Waals surface area contributed by atoms with Gasteiger partial charge >= 0.3 is 0 Å². The standard InChI is InChI=1S/C40H27N.C8H6/c1-2-15-36(16-3-1)41(40-19-9-14-34-11-5-7-18-39(34)40)37-28-26-32(27-29-37)31-23-20-30(21-24-31)22-25-35-13-8-12-33-10-4-6-17-38(33)35;1-6-2-3-7-5-8(7)4-6/h1-21,23-24,26-29H;2-3,7H,1H3. The zero-order valence-electron chi connectivity index (χ0n) is 27.3. The van der Waals surface area contributed by atoms with Gasteiger partial charge in [0.2, 0.25) is 0 Å². The third-order valence-corrected chi connectivity index (χ3v) is 8.91. The zero-order valence-corrected chi connectivity index (χ0v) is 27.3. The molecule has 0 fully saturated rings. The summed E-state index contributed by atoms with van der Waals surface area (Å²) >= 11 is 0. The van der Waals surface area contributed by atoms with Crippen LogP contribution in [0.4, 0.5) is 17.1 Å². The first-order chi connectivity index (χ1) is 24.2. The van der Waals surface area contributed by atoms with Crippen molar-refractivity contribution in [1.82, 2.24) is 0 Å². The third-order valence-electron chi connectivity index (χ3n) is 8.91. The molecule has 9 rings (SSSR count). The maximum absolute atomic E-state index is 3.37. The largest absolute Gasteiger partial charge is 0.310 e. The monoisotopic (exact) mass is 623 g/mol. The average Bonchev–Trinajstić information content (AvgIpc) is 3.94. The second-order valence-electron chi connectivity index (χ2n) is 12.3. The van der Waals surface area contributed by atoms with E-state index in [4.69, 9.17) is 0 Å². The molecule has 49 heavy (non-hydrogen) atoms. The Morgan fingerprint density at radius 3 is 1.84 bits per heavy atom. The van der Waals surface area contributed by atoms with Crippen LogP contribution in [0.5, 0.6) is 0 Å². The van der Waals surface area contributed by atoms with Crippen molar-refractivity contribution in [1.29, 1.82) is 0 Å². The molecule has 7 aromatic carbocycles. The van der Waals surface area contributed by atoms with E-state index in [0.717, 1.165) is 28.2 Å². The Morgan fingerprint density at radius 2 is 1.12 bits per heavy atom. The number of anilines is 3. The van der Waals surface area contributed by atoms with E-state index in [9.17, 15) is 0 Å². The molecule has 1 nitrogen and oxygen atoms in total. The van der Waals surface area contributed by atoms with E-state index < -0.39 is 0 Å². The van der Waals surface area contributed by atoms with E-state index >= 15 is 0 Å². The van der Waals surface area contributed by atoms with E-state index in [2.05, 4.69) is 212 Å². The van der Waals surface area contributed by atoms with E-state index in [0.29, 0.717) is 5.92 Å². The van der Waals surface area contributed by atoms with Crippen LogP contribution >= 0.6 is 0 Å². The molecule has 0 aromatic heterocycles. The van der Waals surface area contributed by atoms with Crippen LogP contribution in [-0.2, 0) is 0 Å².